The number of nitrogens with one attached hydrogen (secondary N) is 1. The molecule has 0 fully saturated rings. The lowest BCUT2D eigenvalue weighted by Crippen LogP contribution is -2.04. The first-order chi connectivity index (χ1) is 8.65. The highest BCUT2D eigenvalue weighted by Gasteiger charge is 2.07. The van der Waals surface area contributed by atoms with Gasteiger partial charge in [-0.2, -0.15) is 0 Å². The molecule has 1 aromatic carbocycles. The normalized spacial score (nSPS) is 10.3. The quantitative estimate of drug-likeness (QED) is 0.885. The molecule has 0 unspecified atom stereocenters. The molecular formula is C12H11BrN2O2S. The van der Waals surface area contributed by atoms with Crippen molar-refractivity contribution in [1.29, 1.82) is 0 Å². The maximum atomic E-state index is 10.7. The number of hydrogen-bond acceptors (Lipinski definition) is 4. The SMILES string of the molecule is O=C(O)c1cnc(NCCc2ccc(Br)cc2)s1. The average Bonchev–Trinajstić information content (AvgIpc) is 2.81. The second-order valence-electron chi connectivity index (χ2n) is 3.64. The van der Waals surface area contributed by atoms with Crippen LogP contribution in [0.5, 0.6) is 0 Å². The zero-order valence-corrected chi connectivity index (χ0v) is 11.8. The van der Waals surface area contributed by atoms with Gasteiger partial charge in [0.15, 0.2) is 5.13 Å². The average molecular weight is 327 g/mol. The van der Waals surface area contributed by atoms with E-state index in [1.165, 1.54) is 11.8 Å². The van der Waals surface area contributed by atoms with Gasteiger partial charge in [0.25, 0.3) is 0 Å². The summed E-state index contributed by atoms with van der Waals surface area (Å²) in [5, 5.41) is 12.5. The summed E-state index contributed by atoms with van der Waals surface area (Å²) >= 11 is 4.54. The number of carboxylic acids is 1. The molecule has 0 atom stereocenters. The van der Waals surface area contributed by atoms with E-state index >= 15 is 0 Å². The highest BCUT2D eigenvalue weighted by molar-refractivity contribution is 9.10. The number of carboxylic acid groups (broad SMARTS) is 1. The number of aromatic carboxylic acids is 1. The number of carbonyl (C=O) groups is 1. The Balaban J connectivity index is 1.84. The van der Waals surface area contributed by atoms with Crippen molar-refractivity contribution in [2.75, 3.05) is 11.9 Å². The van der Waals surface area contributed by atoms with Crippen molar-refractivity contribution in [3.8, 4) is 0 Å². The number of thiazole rings is 1. The number of aromatic nitrogens is 1. The predicted octanol–water partition coefficient (Wildman–Crippen LogP) is 3.26. The van der Waals surface area contributed by atoms with Crippen LogP contribution in [-0.2, 0) is 6.42 Å². The second kappa shape index (κ2) is 5.97. The predicted molar refractivity (Wildman–Crippen MR) is 75.4 cm³/mol. The highest BCUT2D eigenvalue weighted by atomic mass is 79.9. The Morgan fingerprint density at radius 2 is 2.11 bits per heavy atom. The molecule has 2 aromatic rings. The number of anilines is 1. The molecule has 0 bridgehead atoms. The van der Waals surface area contributed by atoms with Gasteiger partial charge in [-0.1, -0.05) is 39.4 Å². The van der Waals surface area contributed by atoms with E-state index in [0.717, 1.165) is 28.8 Å². The van der Waals surface area contributed by atoms with E-state index in [4.69, 9.17) is 5.11 Å². The van der Waals surface area contributed by atoms with Gasteiger partial charge < -0.3 is 10.4 Å². The molecule has 0 aliphatic rings. The zero-order chi connectivity index (χ0) is 13.0. The van der Waals surface area contributed by atoms with Crippen LogP contribution in [0.3, 0.4) is 0 Å². The van der Waals surface area contributed by atoms with E-state index in [2.05, 4.69) is 38.4 Å². The first-order valence-corrected chi connectivity index (χ1v) is 6.93. The standard InChI is InChI=1S/C12H11BrN2O2S/c13-9-3-1-8(2-4-9)5-6-14-12-15-7-10(18-12)11(16)17/h1-4,7H,5-6H2,(H,14,15)(H,16,17). The fourth-order valence-electron chi connectivity index (χ4n) is 1.42. The molecule has 0 saturated carbocycles. The molecule has 6 heteroatoms. The number of nitrogens with zero attached hydrogens (tertiary/aromatic N) is 1. The van der Waals surface area contributed by atoms with E-state index in [9.17, 15) is 4.79 Å². The van der Waals surface area contributed by atoms with E-state index < -0.39 is 5.97 Å². The molecule has 94 valence electrons. The van der Waals surface area contributed by atoms with Gasteiger partial charge in [0.05, 0.1) is 6.20 Å². The van der Waals surface area contributed by atoms with Crippen LogP contribution in [0.25, 0.3) is 0 Å². The number of benzene rings is 1. The minimum Gasteiger partial charge on any atom is -0.477 e. The Bertz CT molecular complexity index is 539. The van der Waals surface area contributed by atoms with Crippen LogP contribution in [0.1, 0.15) is 15.2 Å². The molecule has 2 N–H and O–H groups in total. The smallest absolute Gasteiger partial charge is 0.347 e. The van der Waals surface area contributed by atoms with Gasteiger partial charge in [0.2, 0.25) is 0 Å². The van der Waals surface area contributed by atoms with Crippen LogP contribution in [0.4, 0.5) is 5.13 Å². The number of hydrogen-bond donors (Lipinski definition) is 2. The first kappa shape index (κ1) is 13.0. The maximum absolute atomic E-state index is 10.7. The lowest BCUT2D eigenvalue weighted by atomic mass is 10.1. The monoisotopic (exact) mass is 326 g/mol. The van der Waals surface area contributed by atoms with Crippen molar-refractivity contribution < 1.29 is 9.90 Å². The van der Waals surface area contributed by atoms with Gasteiger partial charge in [-0.3, -0.25) is 0 Å². The van der Waals surface area contributed by atoms with Crippen LogP contribution in [-0.4, -0.2) is 22.6 Å². The largest absolute Gasteiger partial charge is 0.477 e. The topological polar surface area (TPSA) is 62.2 Å². The lowest BCUT2D eigenvalue weighted by molar-refractivity contribution is 0.0702. The summed E-state index contributed by atoms with van der Waals surface area (Å²) in [6.45, 7) is 0.730. The molecule has 0 saturated heterocycles. The second-order valence-corrected chi connectivity index (χ2v) is 5.58. The van der Waals surface area contributed by atoms with E-state index in [0.29, 0.717) is 5.13 Å². The van der Waals surface area contributed by atoms with Crippen LogP contribution >= 0.6 is 27.3 Å². The molecule has 18 heavy (non-hydrogen) atoms. The summed E-state index contributed by atoms with van der Waals surface area (Å²) in [6, 6.07) is 8.11. The van der Waals surface area contributed by atoms with Crippen LogP contribution in [0, 0.1) is 0 Å². The first-order valence-electron chi connectivity index (χ1n) is 5.32. The molecule has 2 rings (SSSR count). The summed E-state index contributed by atoms with van der Waals surface area (Å²) < 4.78 is 1.06. The van der Waals surface area contributed by atoms with Crippen molar-refractivity contribution in [3.63, 3.8) is 0 Å². The Hall–Kier alpha value is -1.40. The number of rotatable bonds is 5. The highest BCUT2D eigenvalue weighted by Crippen LogP contribution is 2.18. The molecule has 0 amide bonds. The van der Waals surface area contributed by atoms with E-state index in [1.807, 2.05) is 12.1 Å². The minimum atomic E-state index is -0.937. The Morgan fingerprint density at radius 1 is 1.39 bits per heavy atom. The summed E-state index contributed by atoms with van der Waals surface area (Å²) in [5.41, 5.74) is 1.22. The summed E-state index contributed by atoms with van der Waals surface area (Å²) in [7, 11) is 0. The number of halogens is 1. The van der Waals surface area contributed by atoms with Crippen LogP contribution in [0.15, 0.2) is 34.9 Å². The Labute approximate surface area is 117 Å². The van der Waals surface area contributed by atoms with Gasteiger partial charge in [0.1, 0.15) is 4.88 Å². The zero-order valence-electron chi connectivity index (χ0n) is 9.39. The Kier molecular flexibility index (Phi) is 4.33. The maximum Gasteiger partial charge on any atom is 0.347 e. The van der Waals surface area contributed by atoms with Gasteiger partial charge in [-0.15, -0.1) is 0 Å². The minimum absolute atomic E-state index is 0.251. The molecule has 1 aromatic heterocycles. The molecule has 0 aliphatic heterocycles. The molecule has 0 spiro atoms. The molecule has 1 heterocycles. The summed E-state index contributed by atoms with van der Waals surface area (Å²) in [4.78, 5) is 14.9. The fraction of sp³-hybridized carbons (Fsp3) is 0.167. The molecule has 4 nitrogen and oxygen atoms in total. The van der Waals surface area contributed by atoms with Crippen molar-refractivity contribution in [2.45, 2.75) is 6.42 Å². The van der Waals surface area contributed by atoms with Crippen molar-refractivity contribution >= 4 is 38.4 Å². The lowest BCUT2D eigenvalue weighted by Gasteiger charge is -2.02. The third-order valence-corrected chi connectivity index (χ3v) is 3.79. The fourth-order valence-corrected chi connectivity index (χ4v) is 2.36. The third kappa shape index (κ3) is 3.54. The molecule has 0 aliphatic carbocycles. The van der Waals surface area contributed by atoms with E-state index in [1.54, 1.807) is 0 Å². The van der Waals surface area contributed by atoms with Crippen molar-refractivity contribution in [2.24, 2.45) is 0 Å². The third-order valence-electron chi connectivity index (χ3n) is 2.32. The molecule has 0 radical (unpaired) electrons. The van der Waals surface area contributed by atoms with Gasteiger partial charge in [0, 0.05) is 11.0 Å². The summed E-state index contributed by atoms with van der Waals surface area (Å²) in [5.74, 6) is -0.937. The van der Waals surface area contributed by atoms with E-state index in [-0.39, 0.29) is 4.88 Å². The van der Waals surface area contributed by atoms with Gasteiger partial charge in [-0.25, -0.2) is 9.78 Å². The van der Waals surface area contributed by atoms with Crippen molar-refractivity contribution in [3.05, 3.63) is 45.4 Å². The van der Waals surface area contributed by atoms with Crippen molar-refractivity contribution in [1.82, 2.24) is 4.98 Å². The Morgan fingerprint density at radius 3 is 2.72 bits per heavy atom. The van der Waals surface area contributed by atoms with Gasteiger partial charge >= 0.3 is 5.97 Å². The summed E-state index contributed by atoms with van der Waals surface area (Å²) in [6.07, 6.45) is 2.24. The molecular weight excluding hydrogens is 316 g/mol. The van der Waals surface area contributed by atoms with Gasteiger partial charge in [-0.05, 0) is 24.1 Å². The van der Waals surface area contributed by atoms with Crippen LogP contribution < -0.4 is 5.32 Å². The van der Waals surface area contributed by atoms with Crippen LogP contribution in [0.2, 0.25) is 0 Å².